The number of aromatic nitrogens is 2. The molecule has 0 unspecified atom stereocenters. The smallest absolute Gasteiger partial charge is 0.335 e. The van der Waals surface area contributed by atoms with Crippen molar-refractivity contribution >= 4 is 29.0 Å². The number of nitrogens with one attached hydrogen (secondary N) is 1. The monoisotopic (exact) mass is 393 g/mol. The van der Waals surface area contributed by atoms with Gasteiger partial charge in [-0.3, -0.25) is 0 Å². The topological polar surface area (TPSA) is 81.6 Å². The quantitative estimate of drug-likeness (QED) is 0.688. The number of benzene rings is 2. The van der Waals surface area contributed by atoms with Gasteiger partial charge in [-0.2, -0.15) is 0 Å². The van der Waals surface area contributed by atoms with Crippen LogP contribution in [0.25, 0.3) is 0 Å². The van der Waals surface area contributed by atoms with Gasteiger partial charge < -0.3 is 20.2 Å². The summed E-state index contributed by atoms with van der Waals surface area (Å²) in [5.74, 6) is 0.242. The van der Waals surface area contributed by atoms with E-state index in [0.717, 1.165) is 24.6 Å². The van der Waals surface area contributed by atoms with Gasteiger partial charge in [0.15, 0.2) is 0 Å². The average Bonchev–Trinajstić information content (AvgIpc) is 2.75. The molecule has 0 bridgehead atoms. The molecule has 1 aromatic heterocycles. The van der Waals surface area contributed by atoms with E-state index in [-0.39, 0.29) is 11.4 Å². The molecule has 29 heavy (non-hydrogen) atoms. The van der Waals surface area contributed by atoms with E-state index in [1.165, 1.54) is 24.5 Å². The highest BCUT2D eigenvalue weighted by molar-refractivity contribution is 5.88. The molecule has 2 N–H and O–H groups in total. The van der Waals surface area contributed by atoms with Gasteiger partial charge in [0.05, 0.1) is 11.3 Å². The summed E-state index contributed by atoms with van der Waals surface area (Å²) in [4.78, 5) is 23.7. The van der Waals surface area contributed by atoms with Gasteiger partial charge in [0.1, 0.15) is 23.8 Å². The van der Waals surface area contributed by atoms with Crippen LogP contribution >= 0.6 is 0 Å². The zero-order valence-corrected chi connectivity index (χ0v) is 15.6. The molecule has 3 aromatic rings. The molecule has 0 radical (unpaired) electrons. The third kappa shape index (κ3) is 4.26. The zero-order valence-electron chi connectivity index (χ0n) is 15.6. The predicted octanol–water partition coefficient (Wildman–Crippen LogP) is 3.38. The van der Waals surface area contributed by atoms with E-state index < -0.39 is 5.97 Å². The van der Waals surface area contributed by atoms with Crippen LogP contribution in [0.4, 0.5) is 27.4 Å². The van der Waals surface area contributed by atoms with Crippen molar-refractivity contribution in [1.82, 2.24) is 9.97 Å². The van der Waals surface area contributed by atoms with Crippen LogP contribution in [0.1, 0.15) is 10.4 Å². The van der Waals surface area contributed by atoms with Crippen molar-refractivity contribution in [3.8, 4) is 0 Å². The van der Waals surface area contributed by atoms with Crippen molar-refractivity contribution < 1.29 is 14.3 Å². The number of carboxylic acids is 1. The molecule has 0 saturated carbocycles. The van der Waals surface area contributed by atoms with Crippen LogP contribution in [0, 0.1) is 5.82 Å². The average molecular weight is 393 g/mol. The molecule has 1 fully saturated rings. The Balaban J connectivity index is 1.41. The maximum Gasteiger partial charge on any atom is 0.335 e. The fraction of sp³-hybridized carbons (Fsp3) is 0.190. The Kier molecular flexibility index (Phi) is 5.24. The van der Waals surface area contributed by atoms with Gasteiger partial charge in [-0.15, -0.1) is 0 Å². The van der Waals surface area contributed by atoms with Crippen molar-refractivity contribution in [2.45, 2.75) is 0 Å². The first-order chi connectivity index (χ1) is 14.1. The van der Waals surface area contributed by atoms with E-state index >= 15 is 0 Å². The largest absolute Gasteiger partial charge is 0.478 e. The highest BCUT2D eigenvalue weighted by Crippen LogP contribution is 2.23. The van der Waals surface area contributed by atoms with Crippen molar-refractivity contribution in [3.05, 3.63) is 72.3 Å². The number of hydrogen-bond acceptors (Lipinski definition) is 6. The third-order valence-electron chi connectivity index (χ3n) is 4.85. The maximum absolute atomic E-state index is 14.0. The molecule has 0 aliphatic carbocycles. The van der Waals surface area contributed by atoms with Crippen LogP contribution in [-0.4, -0.2) is 47.2 Å². The molecule has 2 aromatic carbocycles. The number of hydrogen-bond donors (Lipinski definition) is 2. The Morgan fingerprint density at radius 1 is 0.966 bits per heavy atom. The van der Waals surface area contributed by atoms with Gasteiger partial charge in [0.25, 0.3) is 0 Å². The number of para-hydroxylation sites is 1. The number of carboxylic acid groups (broad SMARTS) is 1. The molecule has 1 aliphatic heterocycles. The lowest BCUT2D eigenvalue weighted by atomic mass is 10.2. The number of rotatable bonds is 5. The minimum atomic E-state index is -0.963. The van der Waals surface area contributed by atoms with Crippen molar-refractivity contribution in [2.24, 2.45) is 0 Å². The highest BCUT2D eigenvalue weighted by Gasteiger charge is 2.20. The van der Waals surface area contributed by atoms with Crippen LogP contribution in [0.5, 0.6) is 0 Å². The first-order valence-corrected chi connectivity index (χ1v) is 9.27. The predicted molar refractivity (Wildman–Crippen MR) is 110 cm³/mol. The minimum absolute atomic E-state index is 0.205. The first kappa shape index (κ1) is 18.7. The van der Waals surface area contributed by atoms with Crippen molar-refractivity contribution in [2.75, 3.05) is 41.3 Å². The minimum Gasteiger partial charge on any atom is -0.478 e. The third-order valence-corrected chi connectivity index (χ3v) is 4.85. The lowest BCUT2D eigenvalue weighted by molar-refractivity contribution is 0.0697. The standard InChI is InChI=1S/C21H20FN5O2/c22-17-3-1-2-4-18(17)26-9-11-27(12-10-26)20-13-19(23-14-24-20)25-16-7-5-15(6-8-16)21(28)29/h1-8,13-14H,9-12H2,(H,28,29)(H,23,24,25). The molecule has 0 amide bonds. The molecule has 7 nitrogen and oxygen atoms in total. The fourth-order valence-corrected chi connectivity index (χ4v) is 3.32. The normalized spacial score (nSPS) is 14.0. The second-order valence-corrected chi connectivity index (χ2v) is 6.69. The Labute approximate surface area is 167 Å². The lowest BCUT2D eigenvalue weighted by Crippen LogP contribution is -2.47. The summed E-state index contributed by atoms with van der Waals surface area (Å²) in [5.41, 5.74) is 1.60. The SMILES string of the molecule is O=C(O)c1ccc(Nc2cc(N3CCN(c4ccccc4F)CC3)ncn2)cc1. The molecule has 1 aliphatic rings. The van der Waals surface area contributed by atoms with E-state index in [4.69, 9.17) is 5.11 Å². The van der Waals surface area contributed by atoms with E-state index in [2.05, 4.69) is 20.2 Å². The summed E-state index contributed by atoms with van der Waals surface area (Å²) in [6.07, 6.45) is 1.49. The van der Waals surface area contributed by atoms with Crippen LogP contribution in [-0.2, 0) is 0 Å². The molecule has 8 heteroatoms. The van der Waals surface area contributed by atoms with E-state index in [9.17, 15) is 9.18 Å². The Morgan fingerprint density at radius 2 is 1.66 bits per heavy atom. The van der Waals surface area contributed by atoms with Crippen LogP contribution in [0.3, 0.4) is 0 Å². The summed E-state index contributed by atoms with van der Waals surface area (Å²) >= 11 is 0. The number of halogens is 1. The lowest BCUT2D eigenvalue weighted by Gasteiger charge is -2.36. The van der Waals surface area contributed by atoms with Gasteiger partial charge in [-0.25, -0.2) is 19.2 Å². The van der Waals surface area contributed by atoms with Crippen LogP contribution < -0.4 is 15.1 Å². The molecule has 4 rings (SSSR count). The summed E-state index contributed by atoms with van der Waals surface area (Å²) in [6, 6.07) is 15.1. The van der Waals surface area contributed by atoms with Gasteiger partial charge in [-0.1, -0.05) is 12.1 Å². The Hall–Kier alpha value is -3.68. The van der Waals surface area contributed by atoms with E-state index in [1.807, 2.05) is 17.0 Å². The van der Waals surface area contributed by atoms with E-state index in [1.54, 1.807) is 24.3 Å². The number of aromatic carboxylic acids is 1. The second-order valence-electron chi connectivity index (χ2n) is 6.69. The molecule has 148 valence electrons. The van der Waals surface area contributed by atoms with Crippen LogP contribution in [0.15, 0.2) is 60.9 Å². The van der Waals surface area contributed by atoms with Gasteiger partial charge in [0, 0.05) is 37.9 Å². The van der Waals surface area contributed by atoms with Gasteiger partial charge in [-0.05, 0) is 36.4 Å². The molecule has 2 heterocycles. The molecule has 1 saturated heterocycles. The summed E-state index contributed by atoms with van der Waals surface area (Å²) in [7, 11) is 0. The Morgan fingerprint density at radius 3 is 2.34 bits per heavy atom. The van der Waals surface area contributed by atoms with E-state index in [0.29, 0.717) is 24.6 Å². The summed E-state index contributed by atoms with van der Waals surface area (Å²) in [6.45, 7) is 2.84. The number of anilines is 4. The van der Waals surface area contributed by atoms with Crippen molar-refractivity contribution in [1.29, 1.82) is 0 Å². The second kappa shape index (κ2) is 8.14. The number of carbonyl (C=O) groups is 1. The number of piperazine rings is 1. The first-order valence-electron chi connectivity index (χ1n) is 9.27. The zero-order chi connectivity index (χ0) is 20.2. The van der Waals surface area contributed by atoms with Gasteiger partial charge >= 0.3 is 5.97 Å². The van der Waals surface area contributed by atoms with Crippen molar-refractivity contribution in [3.63, 3.8) is 0 Å². The maximum atomic E-state index is 14.0. The Bertz CT molecular complexity index is 1000. The summed E-state index contributed by atoms with van der Waals surface area (Å²) < 4.78 is 14.0. The molecular weight excluding hydrogens is 373 g/mol. The fourth-order valence-electron chi connectivity index (χ4n) is 3.32. The van der Waals surface area contributed by atoms with Crippen LogP contribution in [0.2, 0.25) is 0 Å². The molecule has 0 spiro atoms. The number of nitrogens with zero attached hydrogens (tertiary/aromatic N) is 4. The van der Waals surface area contributed by atoms with Gasteiger partial charge in [0.2, 0.25) is 0 Å². The molecule has 0 atom stereocenters. The highest BCUT2D eigenvalue weighted by atomic mass is 19.1. The molecular formula is C21H20FN5O2. The summed E-state index contributed by atoms with van der Waals surface area (Å²) in [5, 5.41) is 12.1.